The summed E-state index contributed by atoms with van der Waals surface area (Å²) in [6, 6.07) is 10.2. The monoisotopic (exact) mass is 292 g/mol. The molecule has 0 amide bonds. The smallest absolute Gasteiger partial charge is 0.182 e. The van der Waals surface area contributed by atoms with Crippen molar-refractivity contribution >= 4 is 34.9 Å². The molecule has 19 heavy (non-hydrogen) atoms. The number of para-hydroxylation sites is 1. The summed E-state index contributed by atoms with van der Waals surface area (Å²) in [4.78, 5) is 3.13. The van der Waals surface area contributed by atoms with Gasteiger partial charge in [0, 0.05) is 0 Å². The Kier molecular flexibility index (Phi) is 2.92. The van der Waals surface area contributed by atoms with Crippen LogP contribution in [0.2, 0.25) is 5.02 Å². The lowest BCUT2D eigenvalue weighted by Gasteiger charge is -2.08. The molecule has 0 aliphatic rings. The zero-order chi connectivity index (χ0) is 13.6. The molecule has 0 atom stereocenters. The van der Waals surface area contributed by atoms with Gasteiger partial charge in [0.25, 0.3) is 0 Å². The molecule has 0 unspecified atom stereocenters. The lowest BCUT2D eigenvalue weighted by atomic mass is 10.2. The predicted octanol–water partition coefficient (Wildman–Crippen LogP) is 4.79. The third-order valence-corrected chi connectivity index (χ3v) is 3.64. The summed E-state index contributed by atoms with van der Waals surface area (Å²) in [5.74, 6) is -0.364. The van der Waals surface area contributed by atoms with Crippen molar-refractivity contribution in [3.63, 3.8) is 0 Å². The van der Waals surface area contributed by atoms with Gasteiger partial charge in [-0.3, -0.25) is 4.57 Å². The Hall–Kier alpha value is -1.65. The molecule has 5 heteroatoms. The van der Waals surface area contributed by atoms with Crippen molar-refractivity contribution in [2.45, 2.75) is 6.92 Å². The fourth-order valence-electron chi connectivity index (χ4n) is 2.22. The molecule has 2 aromatic carbocycles. The quantitative estimate of drug-likeness (QED) is 0.640. The van der Waals surface area contributed by atoms with Gasteiger partial charge in [-0.15, -0.1) is 0 Å². The lowest BCUT2D eigenvalue weighted by molar-refractivity contribution is 0.627. The zero-order valence-corrected chi connectivity index (χ0v) is 11.6. The topological polar surface area (TPSA) is 20.7 Å². The van der Waals surface area contributed by atoms with E-state index in [0.29, 0.717) is 15.5 Å². The SMILES string of the molecule is Cc1cccc2[nH]c(=S)n(-c3ccc(F)cc3Cl)c12. The number of nitrogens with one attached hydrogen (secondary N) is 1. The molecule has 1 aromatic heterocycles. The summed E-state index contributed by atoms with van der Waals surface area (Å²) in [5.41, 5.74) is 3.64. The van der Waals surface area contributed by atoms with Gasteiger partial charge in [-0.2, -0.15) is 0 Å². The molecule has 0 saturated heterocycles. The van der Waals surface area contributed by atoms with E-state index in [1.165, 1.54) is 12.1 Å². The average molecular weight is 293 g/mol. The van der Waals surface area contributed by atoms with Gasteiger partial charge in [0.1, 0.15) is 5.82 Å². The van der Waals surface area contributed by atoms with Crippen LogP contribution in [0.15, 0.2) is 36.4 Å². The van der Waals surface area contributed by atoms with Crippen LogP contribution in [-0.4, -0.2) is 9.55 Å². The number of hydrogen-bond acceptors (Lipinski definition) is 1. The number of fused-ring (bicyclic) bond motifs is 1. The second-order valence-corrected chi connectivity index (χ2v) is 5.13. The van der Waals surface area contributed by atoms with Crippen molar-refractivity contribution in [1.82, 2.24) is 9.55 Å². The van der Waals surface area contributed by atoms with E-state index < -0.39 is 0 Å². The molecule has 0 spiro atoms. The van der Waals surface area contributed by atoms with Gasteiger partial charge in [-0.1, -0.05) is 23.7 Å². The summed E-state index contributed by atoms with van der Waals surface area (Å²) in [6.45, 7) is 2.00. The number of imidazole rings is 1. The fraction of sp³-hybridized carbons (Fsp3) is 0.0714. The molecule has 0 aliphatic heterocycles. The first-order valence-corrected chi connectivity index (χ1v) is 6.52. The van der Waals surface area contributed by atoms with Crippen molar-refractivity contribution < 1.29 is 4.39 Å². The minimum atomic E-state index is -0.364. The van der Waals surface area contributed by atoms with E-state index in [4.69, 9.17) is 23.8 Å². The highest BCUT2D eigenvalue weighted by Crippen LogP contribution is 2.27. The largest absolute Gasteiger partial charge is 0.330 e. The second kappa shape index (κ2) is 4.47. The van der Waals surface area contributed by atoms with E-state index in [1.54, 1.807) is 6.07 Å². The van der Waals surface area contributed by atoms with Gasteiger partial charge < -0.3 is 4.98 Å². The number of aromatic amines is 1. The molecule has 0 radical (unpaired) electrons. The van der Waals surface area contributed by atoms with E-state index >= 15 is 0 Å². The van der Waals surface area contributed by atoms with Crippen LogP contribution < -0.4 is 0 Å². The Labute approximate surface area is 119 Å². The molecule has 0 bridgehead atoms. The number of halogens is 2. The number of rotatable bonds is 1. The van der Waals surface area contributed by atoms with Gasteiger partial charge in [0.15, 0.2) is 4.77 Å². The van der Waals surface area contributed by atoms with Crippen LogP contribution in [-0.2, 0) is 0 Å². The van der Waals surface area contributed by atoms with Gasteiger partial charge >= 0.3 is 0 Å². The highest BCUT2D eigenvalue weighted by molar-refractivity contribution is 7.71. The Bertz CT molecular complexity index is 835. The summed E-state index contributed by atoms with van der Waals surface area (Å²) < 4.78 is 15.5. The Morgan fingerprint density at radius 3 is 2.79 bits per heavy atom. The Balaban J connectivity index is 2.42. The van der Waals surface area contributed by atoms with Crippen molar-refractivity contribution in [2.24, 2.45) is 0 Å². The Morgan fingerprint density at radius 2 is 2.05 bits per heavy atom. The zero-order valence-electron chi connectivity index (χ0n) is 10.1. The molecule has 2 nitrogen and oxygen atoms in total. The standard InChI is InChI=1S/C14H10ClFN2S/c1-8-3-2-4-11-13(8)18(14(19)17-11)12-6-5-9(16)7-10(12)15/h2-7H,1H3,(H,17,19). The van der Waals surface area contributed by atoms with Crippen molar-refractivity contribution in [2.75, 3.05) is 0 Å². The fourth-order valence-corrected chi connectivity index (χ4v) is 2.77. The minimum absolute atomic E-state index is 0.334. The normalized spacial score (nSPS) is 11.1. The predicted molar refractivity (Wildman–Crippen MR) is 78.2 cm³/mol. The van der Waals surface area contributed by atoms with Crippen molar-refractivity contribution in [1.29, 1.82) is 0 Å². The van der Waals surface area contributed by atoms with Crippen LogP contribution >= 0.6 is 23.8 Å². The van der Waals surface area contributed by atoms with E-state index in [1.807, 2.05) is 29.7 Å². The third-order valence-electron chi connectivity index (χ3n) is 3.06. The molecular weight excluding hydrogens is 283 g/mol. The van der Waals surface area contributed by atoms with Gasteiger partial charge in [-0.25, -0.2) is 4.39 Å². The van der Waals surface area contributed by atoms with Crippen molar-refractivity contribution in [3.05, 3.63) is 57.6 Å². The summed E-state index contributed by atoms with van der Waals surface area (Å²) in [5, 5.41) is 0.334. The van der Waals surface area contributed by atoms with Gasteiger partial charge in [-0.05, 0) is 49.0 Å². The second-order valence-electron chi connectivity index (χ2n) is 4.33. The molecule has 0 fully saturated rings. The molecule has 0 saturated carbocycles. The number of benzene rings is 2. The number of aromatic nitrogens is 2. The molecule has 1 heterocycles. The highest BCUT2D eigenvalue weighted by Gasteiger charge is 2.11. The summed E-state index contributed by atoms with van der Waals surface area (Å²) in [7, 11) is 0. The van der Waals surface area contributed by atoms with E-state index in [2.05, 4.69) is 4.98 Å². The van der Waals surface area contributed by atoms with Crippen molar-refractivity contribution in [3.8, 4) is 5.69 Å². The molecule has 0 aliphatic carbocycles. The lowest BCUT2D eigenvalue weighted by Crippen LogP contribution is -1.97. The van der Waals surface area contributed by atoms with Gasteiger partial charge in [0.05, 0.1) is 21.7 Å². The molecular formula is C14H10ClFN2S. The maximum absolute atomic E-state index is 13.2. The minimum Gasteiger partial charge on any atom is -0.330 e. The average Bonchev–Trinajstić information content (AvgIpc) is 2.67. The molecule has 3 aromatic rings. The number of H-pyrrole nitrogens is 1. The van der Waals surface area contributed by atoms with E-state index in [0.717, 1.165) is 16.6 Å². The maximum Gasteiger partial charge on any atom is 0.182 e. The summed E-state index contributed by atoms with van der Waals surface area (Å²) >= 11 is 11.5. The van der Waals surface area contributed by atoms with Crippen LogP contribution in [0.5, 0.6) is 0 Å². The van der Waals surface area contributed by atoms with Crippen LogP contribution in [0.3, 0.4) is 0 Å². The first kappa shape index (κ1) is 12.4. The number of hydrogen-bond donors (Lipinski definition) is 1. The summed E-state index contributed by atoms with van der Waals surface area (Å²) in [6.07, 6.45) is 0. The van der Waals surface area contributed by atoms with Crippen LogP contribution in [0.25, 0.3) is 16.7 Å². The van der Waals surface area contributed by atoms with Crippen LogP contribution in [0.4, 0.5) is 4.39 Å². The third kappa shape index (κ3) is 1.97. The first-order valence-electron chi connectivity index (χ1n) is 5.73. The number of aryl methyl sites for hydroxylation is 1. The molecule has 3 rings (SSSR count). The highest BCUT2D eigenvalue weighted by atomic mass is 35.5. The molecule has 96 valence electrons. The van der Waals surface area contributed by atoms with E-state index in [-0.39, 0.29) is 5.82 Å². The Morgan fingerprint density at radius 1 is 1.26 bits per heavy atom. The van der Waals surface area contributed by atoms with Crippen LogP contribution in [0, 0.1) is 17.5 Å². The first-order chi connectivity index (χ1) is 9.08. The number of nitrogens with zero attached hydrogens (tertiary/aromatic N) is 1. The van der Waals surface area contributed by atoms with E-state index in [9.17, 15) is 4.39 Å². The van der Waals surface area contributed by atoms with Crippen LogP contribution in [0.1, 0.15) is 5.56 Å². The molecule has 1 N–H and O–H groups in total. The maximum atomic E-state index is 13.2. The van der Waals surface area contributed by atoms with Gasteiger partial charge in [0.2, 0.25) is 0 Å².